The fourth-order valence-electron chi connectivity index (χ4n) is 3.39. The molecule has 0 unspecified atom stereocenters. The summed E-state index contributed by atoms with van der Waals surface area (Å²) in [5.41, 5.74) is 1.65. The number of rotatable bonds is 4. The van der Waals surface area contributed by atoms with Gasteiger partial charge in [0.15, 0.2) is 0 Å². The maximum Gasteiger partial charge on any atom is 0.416 e. The van der Waals surface area contributed by atoms with E-state index in [0.717, 1.165) is 42.7 Å². The molecule has 140 valence electrons. The highest BCUT2D eigenvalue weighted by atomic mass is 19.4. The van der Waals surface area contributed by atoms with E-state index in [0.29, 0.717) is 6.04 Å². The first-order chi connectivity index (χ1) is 12.3. The van der Waals surface area contributed by atoms with E-state index in [1.54, 1.807) is 18.0 Å². The van der Waals surface area contributed by atoms with Gasteiger partial charge in [0.05, 0.1) is 11.3 Å². The molecule has 2 aromatic rings. The van der Waals surface area contributed by atoms with Crippen molar-refractivity contribution in [1.29, 1.82) is 0 Å². The summed E-state index contributed by atoms with van der Waals surface area (Å²) in [5.74, 6) is 0.718. The number of benzene rings is 1. The average Bonchev–Trinajstić information content (AvgIpc) is 2.60. The normalized spacial score (nSPS) is 15.2. The Kier molecular flexibility index (Phi) is 5.18. The maximum absolute atomic E-state index is 13.2. The molecule has 1 aliphatic rings. The van der Waals surface area contributed by atoms with Gasteiger partial charge in [0.2, 0.25) is 0 Å². The molecule has 0 radical (unpaired) electrons. The van der Waals surface area contributed by atoms with Crippen LogP contribution in [0.25, 0.3) is 0 Å². The molecule has 1 aromatic heterocycles. The Bertz CT molecular complexity index is 774. The predicted molar refractivity (Wildman–Crippen MR) is 94.8 cm³/mol. The topological polar surface area (TPSA) is 32.3 Å². The largest absolute Gasteiger partial charge is 0.416 e. The summed E-state index contributed by atoms with van der Waals surface area (Å²) < 4.78 is 39.7. The number of anilines is 1. The van der Waals surface area contributed by atoms with E-state index in [1.165, 1.54) is 18.5 Å². The quantitative estimate of drug-likeness (QED) is 0.824. The van der Waals surface area contributed by atoms with Gasteiger partial charge in [-0.05, 0) is 31.9 Å². The molecule has 1 aliphatic heterocycles. The van der Waals surface area contributed by atoms with E-state index in [1.807, 2.05) is 0 Å². The van der Waals surface area contributed by atoms with E-state index < -0.39 is 11.7 Å². The van der Waals surface area contributed by atoms with Gasteiger partial charge in [-0.1, -0.05) is 18.2 Å². The van der Waals surface area contributed by atoms with Gasteiger partial charge in [-0.2, -0.15) is 13.2 Å². The first-order valence-electron chi connectivity index (χ1n) is 8.70. The van der Waals surface area contributed by atoms with Crippen molar-refractivity contribution in [3.63, 3.8) is 0 Å². The lowest BCUT2D eigenvalue weighted by molar-refractivity contribution is -0.138. The molecule has 0 N–H and O–H groups in total. The minimum Gasteiger partial charge on any atom is -0.355 e. The van der Waals surface area contributed by atoms with Crippen LogP contribution in [0.5, 0.6) is 0 Å². The zero-order chi connectivity index (χ0) is 18.9. The minimum atomic E-state index is -4.36. The van der Waals surface area contributed by atoms with E-state index >= 15 is 0 Å². The predicted octanol–water partition coefficient (Wildman–Crippen LogP) is 3.90. The highest BCUT2D eigenvalue weighted by Gasteiger charge is 2.33. The smallest absolute Gasteiger partial charge is 0.355 e. The molecule has 26 heavy (non-hydrogen) atoms. The molecule has 0 bridgehead atoms. The third-order valence-electron chi connectivity index (χ3n) is 4.84. The van der Waals surface area contributed by atoms with E-state index in [-0.39, 0.29) is 12.1 Å². The Morgan fingerprint density at radius 2 is 1.92 bits per heavy atom. The van der Waals surface area contributed by atoms with Gasteiger partial charge in [-0.15, -0.1) is 0 Å². The standard InChI is InChI=1S/C19H23F3N4/c1-13(2)26-9-8-15-17(11-26)23-12-24-18(15)25(3)10-14-6-4-5-7-16(14)19(20,21)22/h4-7,12-13H,8-11H2,1-3H3. The summed E-state index contributed by atoms with van der Waals surface area (Å²) in [6.07, 6.45) is -2.06. The summed E-state index contributed by atoms with van der Waals surface area (Å²) in [6.45, 7) is 6.08. The van der Waals surface area contributed by atoms with Crippen molar-refractivity contribution in [1.82, 2.24) is 14.9 Å². The number of alkyl halides is 3. The molecule has 0 atom stereocenters. The van der Waals surface area contributed by atoms with Crippen LogP contribution in [-0.4, -0.2) is 34.5 Å². The molecule has 3 rings (SSSR count). The Balaban J connectivity index is 1.87. The molecule has 0 fully saturated rings. The summed E-state index contributed by atoms with van der Waals surface area (Å²) in [6, 6.07) is 6.12. The third kappa shape index (κ3) is 3.82. The van der Waals surface area contributed by atoms with Crippen molar-refractivity contribution in [3.8, 4) is 0 Å². The maximum atomic E-state index is 13.2. The first-order valence-corrected chi connectivity index (χ1v) is 8.70. The highest BCUT2D eigenvalue weighted by Crippen LogP contribution is 2.33. The lowest BCUT2D eigenvalue weighted by atomic mass is 10.0. The Labute approximate surface area is 151 Å². The van der Waals surface area contributed by atoms with Crippen molar-refractivity contribution >= 4 is 5.82 Å². The van der Waals surface area contributed by atoms with Crippen LogP contribution in [0, 0.1) is 0 Å². The molecule has 0 spiro atoms. The van der Waals surface area contributed by atoms with Gasteiger partial charge in [-0.25, -0.2) is 9.97 Å². The highest BCUT2D eigenvalue weighted by molar-refractivity contribution is 5.50. The van der Waals surface area contributed by atoms with Crippen LogP contribution in [0.1, 0.15) is 36.2 Å². The second kappa shape index (κ2) is 7.23. The van der Waals surface area contributed by atoms with Crippen LogP contribution in [0.15, 0.2) is 30.6 Å². The average molecular weight is 364 g/mol. The van der Waals surface area contributed by atoms with Crippen LogP contribution < -0.4 is 4.90 Å². The lowest BCUT2D eigenvalue weighted by Crippen LogP contribution is -2.37. The van der Waals surface area contributed by atoms with Crippen molar-refractivity contribution in [2.45, 2.75) is 45.6 Å². The second-order valence-corrected chi connectivity index (χ2v) is 6.95. The fourth-order valence-corrected chi connectivity index (χ4v) is 3.39. The SMILES string of the molecule is CC(C)N1CCc2c(ncnc2N(C)Cc2ccccc2C(F)(F)F)C1. The number of aromatic nitrogens is 2. The van der Waals surface area contributed by atoms with Crippen molar-refractivity contribution in [2.24, 2.45) is 0 Å². The van der Waals surface area contributed by atoms with E-state index in [2.05, 4.69) is 28.7 Å². The molecule has 1 aromatic carbocycles. The molecule has 2 heterocycles. The molecule has 7 heteroatoms. The Hall–Kier alpha value is -2.15. The number of fused-ring (bicyclic) bond motifs is 1. The molecule has 0 amide bonds. The fraction of sp³-hybridized carbons (Fsp3) is 0.474. The number of nitrogens with zero attached hydrogens (tertiary/aromatic N) is 4. The Morgan fingerprint density at radius 3 is 2.62 bits per heavy atom. The van der Waals surface area contributed by atoms with Crippen LogP contribution >= 0.6 is 0 Å². The molecular weight excluding hydrogens is 341 g/mol. The zero-order valence-corrected chi connectivity index (χ0v) is 15.2. The van der Waals surface area contributed by atoms with Gasteiger partial charge >= 0.3 is 6.18 Å². The summed E-state index contributed by atoms with van der Waals surface area (Å²) in [5, 5.41) is 0. The van der Waals surface area contributed by atoms with Crippen LogP contribution in [0.3, 0.4) is 0 Å². The molecule has 4 nitrogen and oxygen atoms in total. The van der Waals surface area contributed by atoms with Crippen molar-refractivity contribution in [2.75, 3.05) is 18.5 Å². The van der Waals surface area contributed by atoms with Gasteiger partial charge < -0.3 is 4.90 Å². The van der Waals surface area contributed by atoms with Gasteiger partial charge in [0.1, 0.15) is 12.1 Å². The van der Waals surface area contributed by atoms with Gasteiger partial charge in [-0.3, -0.25) is 4.90 Å². The third-order valence-corrected chi connectivity index (χ3v) is 4.84. The second-order valence-electron chi connectivity index (χ2n) is 6.95. The molecule has 0 saturated carbocycles. The monoisotopic (exact) mass is 364 g/mol. The van der Waals surface area contributed by atoms with Crippen LogP contribution in [0.4, 0.5) is 19.0 Å². The van der Waals surface area contributed by atoms with Gasteiger partial charge in [0, 0.05) is 38.3 Å². The summed E-state index contributed by atoms with van der Waals surface area (Å²) >= 11 is 0. The number of hydrogen-bond acceptors (Lipinski definition) is 4. The first kappa shape index (κ1) is 18.6. The molecule has 0 aliphatic carbocycles. The molecular formula is C19H23F3N4. The minimum absolute atomic E-state index is 0.146. The van der Waals surface area contributed by atoms with Crippen molar-refractivity contribution in [3.05, 3.63) is 53.0 Å². The van der Waals surface area contributed by atoms with Crippen molar-refractivity contribution < 1.29 is 13.2 Å². The lowest BCUT2D eigenvalue weighted by Gasteiger charge is -2.33. The van der Waals surface area contributed by atoms with Gasteiger partial charge in [0.25, 0.3) is 0 Å². The van der Waals surface area contributed by atoms with Crippen LogP contribution in [-0.2, 0) is 25.7 Å². The van der Waals surface area contributed by atoms with E-state index in [4.69, 9.17) is 0 Å². The molecule has 0 saturated heterocycles. The number of halogens is 3. The van der Waals surface area contributed by atoms with Crippen LogP contribution in [0.2, 0.25) is 0 Å². The zero-order valence-electron chi connectivity index (χ0n) is 15.2. The summed E-state index contributed by atoms with van der Waals surface area (Å²) in [7, 11) is 1.78. The number of hydrogen-bond donors (Lipinski definition) is 0. The summed E-state index contributed by atoms with van der Waals surface area (Å²) in [4.78, 5) is 12.9. The van der Waals surface area contributed by atoms with E-state index in [9.17, 15) is 13.2 Å². The Morgan fingerprint density at radius 1 is 1.19 bits per heavy atom.